The molecule has 1 saturated heterocycles. The maximum Gasteiger partial charge on any atom is 0.410 e. The van der Waals surface area contributed by atoms with E-state index >= 15 is 0 Å². The second-order valence-electron chi connectivity index (χ2n) is 15.4. The van der Waals surface area contributed by atoms with Gasteiger partial charge < -0.3 is 33.6 Å². The molecule has 1 heterocycles. The molecule has 50 heavy (non-hydrogen) atoms. The van der Waals surface area contributed by atoms with Crippen LogP contribution in [0.5, 0.6) is 11.5 Å². The molecule has 0 bridgehead atoms. The third-order valence-electron chi connectivity index (χ3n) is 10.1. The highest BCUT2D eigenvalue weighted by Crippen LogP contribution is 2.36. The summed E-state index contributed by atoms with van der Waals surface area (Å²) >= 11 is 0. The first-order valence-corrected chi connectivity index (χ1v) is 18.3. The SMILES string of the molecule is COCCCOc1cc(C(=O)N(C[C@@H]2CN(C(=O)OC(C)(C)C)C[C@H]2CN(C(=O)C2CCc3ccccc3C2)C2CC2)C(C)C)ccc1OC. The van der Waals surface area contributed by atoms with E-state index in [-0.39, 0.29) is 47.7 Å². The van der Waals surface area contributed by atoms with Gasteiger partial charge in [0.15, 0.2) is 11.5 Å². The molecular formula is C40H57N3O7. The lowest BCUT2D eigenvalue weighted by Crippen LogP contribution is -2.46. The monoisotopic (exact) mass is 691 g/mol. The smallest absolute Gasteiger partial charge is 0.410 e. The van der Waals surface area contributed by atoms with E-state index in [4.69, 9.17) is 18.9 Å². The molecule has 5 rings (SSSR count). The topological polar surface area (TPSA) is 97.9 Å². The van der Waals surface area contributed by atoms with Crippen molar-refractivity contribution in [2.75, 3.05) is 53.6 Å². The highest BCUT2D eigenvalue weighted by molar-refractivity contribution is 5.95. The Morgan fingerprint density at radius 2 is 1.60 bits per heavy atom. The third-order valence-corrected chi connectivity index (χ3v) is 10.1. The van der Waals surface area contributed by atoms with Crippen molar-refractivity contribution in [2.24, 2.45) is 17.8 Å². The molecule has 10 heteroatoms. The van der Waals surface area contributed by atoms with Gasteiger partial charge in [-0.2, -0.15) is 0 Å². The Bertz CT molecular complexity index is 1480. The van der Waals surface area contributed by atoms with Crippen molar-refractivity contribution in [3.63, 3.8) is 0 Å². The number of aryl methyl sites for hydroxylation is 1. The molecule has 2 aliphatic carbocycles. The fourth-order valence-corrected chi connectivity index (χ4v) is 7.28. The number of hydrogen-bond donors (Lipinski definition) is 0. The summed E-state index contributed by atoms with van der Waals surface area (Å²) in [6, 6.07) is 13.9. The summed E-state index contributed by atoms with van der Waals surface area (Å²) in [5.41, 5.74) is 2.50. The van der Waals surface area contributed by atoms with E-state index in [0.29, 0.717) is 62.9 Å². The Kier molecular flexibility index (Phi) is 12.4. The molecule has 1 aliphatic heterocycles. The van der Waals surface area contributed by atoms with Gasteiger partial charge in [0.25, 0.3) is 5.91 Å². The lowest BCUT2D eigenvalue weighted by Gasteiger charge is -2.35. The quantitative estimate of drug-likeness (QED) is 0.217. The molecule has 3 amide bonds. The Morgan fingerprint density at radius 3 is 2.24 bits per heavy atom. The molecule has 2 aromatic rings. The summed E-state index contributed by atoms with van der Waals surface area (Å²) in [5.74, 6) is 1.09. The van der Waals surface area contributed by atoms with Gasteiger partial charge in [0.1, 0.15) is 5.60 Å². The van der Waals surface area contributed by atoms with Crippen LogP contribution < -0.4 is 9.47 Å². The van der Waals surface area contributed by atoms with Gasteiger partial charge in [0.2, 0.25) is 5.91 Å². The zero-order valence-corrected chi connectivity index (χ0v) is 31.1. The molecule has 0 spiro atoms. The van der Waals surface area contributed by atoms with Crippen LogP contribution in [-0.4, -0.2) is 104 Å². The van der Waals surface area contributed by atoms with Crippen LogP contribution in [0.4, 0.5) is 4.79 Å². The molecule has 1 saturated carbocycles. The highest BCUT2D eigenvalue weighted by atomic mass is 16.6. The van der Waals surface area contributed by atoms with E-state index in [1.54, 1.807) is 37.3 Å². The van der Waals surface area contributed by atoms with Crippen LogP contribution in [0.1, 0.15) is 81.8 Å². The number of likely N-dealkylation sites (tertiary alicyclic amines) is 1. The van der Waals surface area contributed by atoms with Crippen molar-refractivity contribution in [2.45, 2.75) is 90.8 Å². The number of carbonyl (C=O) groups is 3. The van der Waals surface area contributed by atoms with E-state index in [1.165, 1.54) is 11.1 Å². The van der Waals surface area contributed by atoms with Gasteiger partial charge in [-0.3, -0.25) is 9.59 Å². The fraction of sp³-hybridized carbons (Fsp3) is 0.625. The largest absolute Gasteiger partial charge is 0.493 e. The van der Waals surface area contributed by atoms with Gasteiger partial charge in [-0.25, -0.2) is 4.79 Å². The molecule has 2 aromatic carbocycles. The first-order chi connectivity index (χ1) is 23.9. The normalized spacial score (nSPS) is 20.3. The predicted octanol–water partition coefficient (Wildman–Crippen LogP) is 6.24. The predicted molar refractivity (Wildman–Crippen MR) is 193 cm³/mol. The maximum atomic E-state index is 14.2. The van der Waals surface area contributed by atoms with Crippen LogP contribution in [0.15, 0.2) is 42.5 Å². The minimum atomic E-state index is -0.629. The van der Waals surface area contributed by atoms with Crippen LogP contribution in [0.25, 0.3) is 0 Å². The molecular weight excluding hydrogens is 634 g/mol. The number of methoxy groups -OCH3 is 2. The number of rotatable bonds is 14. The number of amides is 3. The van der Waals surface area contributed by atoms with Gasteiger partial charge in [-0.15, -0.1) is 0 Å². The first-order valence-electron chi connectivity index (χ1n) is 18.3. The number of carbonyl (C=O) groups excluding carboxylic acids is 3. The summed E-state index contributed by atoms with van der Waals surface area (Å²) in [4.78, 5) is 47.6. The second kappa shape index (κ2) is 16.5. The molecule has 3 aliphatic rings. The standard InChI is InChI=1S/C40H57N3O7/c1-27(2)42(37(44)31-15-18-35(48-7)36(22-31)49-20-10-19-47-6)25-32-23-41(39(46)50-40(3,4)5)24-33(32)26-43(34-16-17-34)38(45)30-14-13-28-11-8-9-12-29(28)21-30/h8-9,11-12,15,18,22,27,30,32-34H,10,13-14,16-17,19-21,23-26H2,1-7H3/t30?,32-,33-/m0/s1. The third kappa shape index (κ3) is 9.50. The molecule has 10 nitrogen and oxygen atoms in total. The fourth-order valence-electron chi connectivity index (χ4n) is 7.28. The van der Waals surface area contributed by atoms with Crippen molar-refractivity contribution >= 4 is 17.9 Å². The van der Waals surface area contributed by atoms with E-state index in [2.05, 4.69) is 29.2 Å². The molecule has 3 atom stereocenters. The summed E-state index contributed by atoms with van der Waals surface area (Å²) in [5, 5.41) is 0. The summed E-state index contributed by atoms with van der Waals surface area (Å²) in [7, 11) is 3.23. The maximum absolute atomic E-state index is 14.2. The lowest BCUT2D eigenvalue weighted by atomic mass is 9.83. The summed E-state index contributed by atoms with van der Waals surface area (Å²) in [6.07, 6.45) is 4.91. The summed E-state index contributed by atoms with van der Waals surface area (Å²) in [6.45, 7) is 12.6. The first kappa shape index (κ1) is 37.5. The molecule has 2 fully saturated rings. The van der Waals surface area contributed by atoms with Gasteiger partial charge >= 0.3 is 6.09 Å². The van der Waals surface area contributed by atoms with Crippen molar-refractivity contribution in [1.29, 1.82) is 0 Å². The average molecular weight is 692 g/mol. The lowest BCUT2D eigenvalue weighted by molar-refractivity contribution is -0.137. The Morgan fingerprint density at radius 1 is 0.900 bits per heavy atom. The van der Waals surface area contributed by atoms with E-state index < -0.39 is 5.60 Å². The average Bonchev–Trinajstić information content (AvgIpc) is 3.85. The van der Waals surface area contributed by atoms with E-state index in [9.17, 15) is 14.4 Å². The van der Waals surface area contributed by atoms with Gasteiger partial charge in [0.05, 0.1) is 13.7 Å². The van der Waals surface area contributed by atoms with Gasteiger partial charge in [0, 0.05) is 81.7 Å². The minimum absolute atomic E-state index is 0.00691. The van der Waals surface area contributed by atoms with Gasteiger partial charge in [-0.1, -0.05) is 24.3 Å². The zero-order chi connectivity index (χ0) is 36.0. The second-order valence-corrected chi connectivity index (χ2v) is 15.4. The number of hydrogen-bond acceptors (Lipinski definition) is 7. The number of benzene rings is 2. The van der Waals surface area contributed by atoms with Crippen LogP contribution in [0.2, 0.25) is 0 Å². The van der Waals surface area contributed by atoms with Crippen LogP contribution in [0, 0.1) is 17.8 Å². The van der Waals surface area contributed by atoms with Crippen molar-refractivity contribution < 1.29 is 33.3 Å². The van der Waals surface area contributed by atoms with Gasteiger partial charge in [-0.05, 0) is 96.0 Å². The molecule has 1 unspecified atom stereocenters. The molecule has 274 valence electrons. The zero-order valence-electron chi connectivity index (χ0n) is 31.1. The van der Waals surface area contributed by atoms with E-state index in [1.807, 2.05) is 39.5 Å². The van der Waals surface area contributed by atoms with Crippen LogP contribution >= 0.6 is 0 Å². The highest BCUT2D eigenvalue weighted by Gasteiger charge is 2.44. The minimum Gasteiger partial charge on any atom is -0.493 e. The molecule has 0 radical (unpaired) electrons. The summed E-state index contributed by atoms with van der Waals surface area (Å²) < 4.78 is 22.4. The number of fused-ring (bicyclic) bond motifs is 1. The molecule has 0 N–H and O–H groups in total. The Hall–Kier alpha value is -3.79. The number of ether oxygens (including phenoxy) is 4. The van der Waals surface area contributed by atoms with Crippen molar-refractivity contribution in [1.82, 2.24) is 14.7 Å². The van der Waals surface area contributed by atoms with Crippen LogP contribution in [0.3, 0.4) is 0 Å². The van der Waals surface area contributed by atoms with Crippen molar-refractivity contribution in [3.05, 3.63) is 59.2 Å². The Balaban J connectivity index is 1.36. The molecule has 0 aromatic heterocycles. The van der Waals surface area contributed by atoms with Crippen LogP contribution in [-0.2, 0) is 27.1 Å². The Labute approximate surface area is 298 Å². The number of nitrogens with zero attached hydrogens (tertiary/aromatic N) is 3. The van der Waals surface area contributed by atoms with E-state index in [0.717, 1.165) is 32.1 Å². The van der Waals surface area contributed by atoms with Crippen molar-refractivity contribution in [3.8, 4) is 11.5 Å².